The minimum Gasteiger partial charge on any atom is -0.497 e. The lowest BCUT2D eigenvalue weighted by atomic mass is 9.81. The van der Waals surface area contributed by atoms with Gasteiger partial charge in [0.1, 0.15) is 10.5 Å². The molecular weight excluding hydrogens is 637 g/mol. The fourth-order valence-electron chi connectivity index (χ4n) is 9.13. The Balaban J connectivity index is 1.34. The van der Waals surface area contributed by atoms with E-state index in [9.17, 15) is 21.6 Å². The standard InChI is InChI=1S/C35H44N4O6S2/c1-21(2)46(41,42)36-34(40)23-10-12-28-31(14-23)38-20-35(47(43,44)39-24-15-25(39)19-37(3)18-24)17-30(35)29-16-26(45-4)11-13-27(29)33(38)32(28)22-8-6-5-7-9-22/h10-14,16,21-22,24-25,30H,5-9,15,17-20H2,1-4H3,(H,36,40). The number of likely N-dealkylation sites (N-methyl/N-ethyl adjacent to an activating group) is 1. The summed E-state index contributed by atoms with van der Waals surface area (Å²) in [6.45, 7) is 4.82. The van der Waals surface area contributed by atoms with Crippen LogP contribution < -0.4 is 9.46 Å². The van der Waals surface area contributed by atoms with Crippen molar-refractivity contribution in [3.63, 3.8) is 0 Å². The fourth-order valence-corrected chi connectivity index (χ4v) is 12.4. The highest BCUT2D eigenvalue weighted by atomic mass is 32.2. The summed E-state index contributed by atoms with van der Waals surface area (Å²) in [5.41, 5.74) is 5.30. The molecule has 4 unspecified atom stereocenters. The third kappa shape index (κ3) is 4.64. The van der Waals surface area contributed by atoms with Crippen LogP contribution in [0.15, 0.2) is 36.4 Å². The molecule has 10 nitrogen and oxygen atoms in total. The first-order valence-electron chi connectivity index (χ1n) is 17.0. The first-order valence-corrected chi connectivity index (χ1v) is 20.0. The number of aromatic nitrogens is 1. The van der Waals surface area contributed by atoms with Crippen molar-refractivity contribution in [2.45, 2.75) is 99.3 Å². The van der Waals surface area contributed by atoms with Crippen LogP contribution in [0, 0.1) is 0 Å². The van der Waals surface area contributed by atoms with E-state index >= 15 is 0 Å². The van der Waals surface area contributed by atoms with E-state index in [2.05, 4.69) is 27.3 Å². The first kappa shape index (κ1) is 31.3. The van der Waals surface area contributed by atoms with Crippen molar-refractivity contribution < 1.29 is 26.4 Å². The summed E-state index contributed by atoms with van der Waals surface area (Å²) in [6.07, 6.45) is 6.97. The van der Waals surface area contributed by atoms with E-state index in [1.165, 1.54) is 25.8 Å². The van der Waals surface area contributed by atoms with Gasteiger partial charge in [0.25, 0.3) is 5.91 Å². The predicted octanol–water partition coefficient (Wildman–Crippen LogP) is 4.79. The molecule has 1 amide bonds. The number of methoxy groups -OCH3 is 1. The van der Waals surface area contributed by atoms with Crippen LogP contribution in [0.25, 0.3) is 22.2 Å². The lowest BCUT2D eigenvalue weighted by Crippen LogP contribution is -2.71. The molecule has 12 heteroatoms. The molecule has 8 rings (SSSR count). The van der Waals surface area contributed by atoms with Gasteiger partial charge in [-0.25, -0.2) is 21.6 Å². The number of carbonyl (C=O) groups is 1. The molecule has 2 aliphatic carbocycles. The Bertz CT molecular complexity index is 2000. The Morgan fingerprint density at radius 1 is 1.00 bits per heavy atom. The van der Waals surface area contributed by atoms with Crippen LogP contribution in [-0.4, -0.2) is 85.8 Å². The van der Waals surface area contributed by atoms with E-state index in [0.717, 1.165) is 72.9 Å². The molecular formula is C35H44N4O6S2. The molecule has 252 valence electrons. The summed E-state index contributed by atoms with van der Waals surface area (Å²) in [6, 6.07) is 11.5. The minimum atomic E-state index is -3.84. The van der Waals surface area contributed by atoms with Crippen LogP contribution in [0.5, 0.6) is 5.75 Å². The summed E-state index contributed by atoms with van der Waals surface area (Å²) < 4.78 is 66.1. The van der Waals surface area contributed by atoms with Crippen molar-refractivity contribution in [2.75, 3.05) is 27.2 Å². The zero-order valence-electron chi connectivity index (χ0n) is 27.5. The molecule has 3 aromatic rings. The monoisotopic (exact) mass is 680 g/mol. The lowest BCUT2D eigenvalue weighted by molar-refractivity contribution is 0.00432. The molecule has 2 bridgehead atoms. The van der Waals surface area contributed by atoms with Crippen molar-refractivity contribution in [1.82, 2.24) is 18.5 Å². The van der Waals surface area contributed by atoms with Crippen LogP contribution >= 0.6 is 0 Å². The number of sulfonamides is 2. The van der Waals surface area contributed by atoms with Crippen LogP contribution in [0.3, 0.4) is 0 Å². The van der Waals surface area contributed by atoms with Crippen LogP contribution in [0.1, 0.15) is 92.1 Å². The molecule has 5 aliphatic rings. The summed E-state index contributed by atoms with van der Waals surface area (Å²) in [4.78, 5) is 15.6. The number of carbonyl (C=O) groups excluding carboxylic acids is 1. The normalized spacial score (nSPS) is 27.8. The number of ether oxygens (including phenoxy) is 1. The molecule has 2 saturated carbocycles. The third-order valence-electron chi connectivity index (χ3n) is 11.7. The molecule has 3 aliphatic heterocycles. The average Bonchev–Trinajstić information content (AvgIpc) is 3.71. The number of nitrogens with zero attached hydrogens (tertiary/aromatic N) is 3. The first-order chi connectivity index (χ1) is 22.4. The van der Waals surface area contributed by atoms with Crippen LogP contribution in [0.2, 0.25) is 0 Å². The Kier molecular flexibility index (Phi) is 7.19. The molecule has 0 spiro atoms. The number of piperidine rings is 1. The number of hydrogen-bond donors (Lipinski definition) is 1. The molecule has 4 fully saturated rings. The second-order valence-electron chi connectivity index (χ2n) is 14.8. The Morgan fingerprint density at radius 3 is 2.40 bits per heavy atom. The van der Waals surface area contributed by atoms with Gasteiger partial charge in [0.15, 0.2) is 0 Å². The highest BCUT2D eigenvalue weighted by molar-refractivity contribution is 7.91. The lowest BCUT2D eigenvalue weighted by Gasteiger charge is -2.55. The molecule has 2 saturated heterocycles. The van der Waals surface area contributed by atoms with E-state index < -0.39 is 36.0 Å². The summed E-state index contributed by atoms with van der Waals surface area (Å²) in [5.74, 6) is 0.135. The van der Waals surface area contributed by atoms with E-state index in [-0.39, 0.29) is 30.1 Å². The van der Waals surface area contributed by atoms with E-state index in [0.29, 0.717) is 18.1 Å². The van der Waals surface area contributed by atoms with Crippen molar-refractivity contribution in [2.24, 2.45) is 0 Å². The summed E-state index contributed by atoms with van der Waals surface area (Å²) >= 11 is 0. The van der Waals surface area contributed by atoms with Gasteiger partial charge in [0.2, 0.25) is 20.0 Å². The number of rotatable bonds is 7. The van der Waals surface area contributed by atoms with Gasteiger partial charge < -0.3 is 14.2 Å². The second-order valence-corrected chi connectivity index (χ2v) is 19.2. The number of benzene rings is 2. The number of hydrogen-bond acceptors (Lipinski definition) is 7. The number of amides is 1. The highest BCUT2D eigenvalue weighted by Crippen LogP contribution is 2.65. The van der Waals surface area contributed by atoms with Gasteiger partial charge in [0, 0.05) is 59.7 Å². The zero-order valence-corrected chi connectivity index (χ0v) is 29.2. The second kappa shape index (κ2) is 10.8. The maximum atomic E-state index is 15.0. The van der Waals surface area contributed by atoms with E-state index in [1.807, 2.05) is 22.5 Å². The van der Waals surface area contributed by atoms with Crippen molar-refractivity contribution in [3.8, 4) is 17.0 Å². The van der Waals surface area contributed by atoms with Crippen LogP contribution in [0.4, 0.5) is 0 Å². The van der Waals surface area contributed by atoms with E-state index in [1.54, 1.807) is 19.2 Å². The number of fused-ring (bicyclic) bond motifs is 9. The largest absolute Gasteiger partial charge is 0.497 e. The van der Waals surface area contributed by atoms with Gasteiger partial charge in [0.05, 0.1) is 18.1 Å². The molecule has 47 heavy (non-hydrogen) atoms. The number of likely N-dealkylation sites (tertiary alicyclic amines) is 1. The maximum Gasteiger partial charge on any atom is 0.264 e. The topological polar surface area (TPSA) is 118 Å². The van der Waals surface area contributed by atoms with Crippen molar-refractivity contribution in [3.05, 3.63) is 53.1 Å². The highest BCUT2D eigenvalue weighted by Gasteiger charge is 2.70. The predicted molar refractivity (Wildman–Crippen MR) is 182 cm³/mol. The molecule has 4 atom stereocenters. The Morgan fingerprint density at radius 2 is 1.72 bits per heavy atom. The quantitative estimate of drug-likeness (QED) is 0.382. The Labute approximate surface area is 277 Å². The minimum absolute atomic E-state index is 0.00992. The number of piperazine rings is 1. The van der Waals surface area contributed by atoms with Gasteiger partial charge >= 0.3 is 0 Å². The SMILES string of the molecule is COc1ccc2c(c1)C1CC1(S(=O)(=O)N1C3CC1CN(C)C3)Cn1c-2c(C2CCCCC2)c2ccc(C(=O)NS(=O)(=O)C(C)C)cc21. The fraction of sp³-hybridized carbons (Fsp3) is 0.571. The average molecular weight is 681 g/mol. The smallest absolute Gasteiger partial charge is 0.264 e. The van der Waals surface area contributed by atoms with Crippen LogP contribution in [-0.2, 0) is 26.6 Å². The van der Waals surface area contributed by atoms with E-state index in [4.69, 9.17) is 4.74 Å². The molecule has 0 radical (unpaired) electrons. The molecule has 4 heterocycles. The summed E-state index contributed by atoms with van der Waals surface area (Å²) in [7, 11) is -3.86. The van der Waals surface area contributed by atoms with Gasteiger partial charge in [-0.15, -0.1) is 0 Å². The maximum absolute atomic E-state index is 15.0. The molecule has 1 aromatic heterocycles. The Hall–Kier alpha value is -2.93. The van der Waals surface area contributed by atoms with Crippen molar-refractivity contribution in [1.29, 1.82) is 0 Å². The van der Waals surface area contributed by atoms with Gasteiger partial charge in [-0.05, 0) is 94.0 Å². The molecule has 2 aromatic carbocycles. The summed E-state index contributed by atoms with van der Waals surface area (Å²) in [5, 5.41) is 0.245. The number of nitrogens with one attached hydrogen (secondary N) is 1. The van der Waals surface area contributed by atoms with Gasteiger partial charge in [-0.2, -0.15) is 4.31 Å². The van der Waals surface area contributed by atoms with Gasteiger partial charge in [-0.3, -0.25) is 4.79 Å². The zero-order chi connectivity index (χ0) is 33.0. The van der Waals surface area contributed by atoms with Crippen molar-refractivity contribution >= 4 is 36.9 Å². The molecule has 1 N–H and O–H groups in total. The third-order valence-corrected chi connectivity index (χ3v) is 16.1. The van der Waals surface area contributed by atoms with Gasteiger partial charge in [-0.1, -0.05) is 25.3 Å².